The standard InChI is InChI=1S/C28H31BrN6O5/c1-39-26(37)17-24(28(38)40-2)35-13-11-34(12-14-35)10-4-7-25(36)32-21-8-9-23-22(16-21)27(31-18-30-23)33-20-6-3-5-19(29)15-20/h3-9,15-16,18,24H,10-14,17H2,1-2H3,(H,32,36)(H,30,31,33)/b7-4+. The number of fused-ring (bicyclic) bond motifs is 1. The molecule has 0 radical (unpaired) electrons. The summed E-state index contributed by atoms with van der Waals surface area (Å²) in [7, 11) is 2.61. The zero-order valence-corrected chi connectivity index (χ0v) is 23.9. The molecule has 1 saturated heterocycles. The molecule has 0 bridgehead atoms. The van der Waals surface area contributed by atoms with Crippen molar-refractivity contribution in [2.75, 3.05) is 57.6 Å². The van der Waals surface area contributed by atoms with Gasteiger partial charge < -0.3 is 20.1 Å². The first-order valence-corrected chi connectivity index (χ1v) is 13.5. The van der Waals surface area contributed by atoms with Gasteiger partial charge in [0, 0.05) is 60.0 Å². The van der Waals surface area contributed by atoms with E-state index < -0.39 is 18.0 Å². The molecule has 0 spiro atoms. The smallest absolute Gasteiger partial charge is 0.323 e. The number of nitrogens with one attached hydrogen (secondary N) is 2. The minimum atomic E-state index is -0.668. The second kappa shape index (κ2) is 14.0. The largest absolute Gasteiger partial charge is 0.469 e. The average molecular weight is 611 g/mol. The Hall–Kier alpha value is -3.87. The first-order valence-electron chi connectivity index (χ1n) is 12.7. The van der Waals surface area contributed by atoms with Gasteiger partial charge in [-0.1, -0.05) is 28.1 Å². The fourth-order valence-electron chi connectivity index (χ4n) is 4.43. The molecule has 0 saturated carbocycles. The number of piperazine rings is 1. The fraction of sp³-hybridized carbons (Fsp3) is 0.321. The summed E-state index contributed by atoms with van der Waals surface area (Å²) in [5.74, 6) is -0.524. The monoisotopic (exact) mass is 610 g/mol. The summed E-state index contributed by atoms with van der Waals surface area (Å²) >= 11 is 3.47. The number of ether oxygens (including phenoxy) is 2. The molecule has 1 fully saturated rings. The van der Waals surface area contributed by atoms with Gasteiger partial charge in [-0.3, -0.25) is 24.2 Å². The third-order valence-corrected chi connectivity index (χ3v) is 7.02. The van der Waals surface area contributed by atoms with E-state index in [4.69, 9.17) is 9.47 Å². The van der Waals surface area contributed by atoms with Crippen molar-refractivity contribution in [2.45, 2.75) is 12.5 Å². The first kappa shape index (κ1) is 29.1. The summed E-state index contributed by atoms with van der Waals surface area (Å²) in [6.07, 6.45) is 4.76. The van der Waals surface area contributed by atoms with Crippen LogP contribution in [0.15, 0.2) is 65.4 Å². The summed E-state index contributed by atoms with van der Waals surface area (Å²) in [5.41, 5.74) is 2.25. The van der Waals surface area contributed by atoms with E-state index in [1.54, 1.807) is 6.07 Å². The molecule has 210 valence electrons. The quantitative estimate of drug-likeness (QED) is 0.261. The lowest BCUT2D eigenvalue weighted by molar-refractivity contribution is -0.154. The van der Waals surface area contributed by atoms with Crippen LogP contribution in [0.25, 0.3) is 10.9 Å². The second-order valence-corrected chi connectivity index (χ2v) is 10.1. The maximum Gasteiger partial charge on any atom is 0.323 e. The van der Waals surface area contributed by atoms with Crippen LogP contribution in [0.1, 0.15) is 6.42 Å². The second-order valence-electron chi connectivity index (χ2n) is 9.14. The molecule has 1 aliphatic heterocycles. The lowest BCUT2D eigenvalue weighted by atomic mass is 10.1. The Morgan fingerprint density at radius 3 is 2.55 bits per heavy atom. The van der Waals surface area contributed by atoms with Crippen molar-refractivity contribution in [3.05, 3.63) is 65.4 Å². The van der Waals surface area contributed by atoms with Crippen LogP contribution in [-0.2, 0) is 23.9 Å². The summed E-state index contributed by atoms with van der Waals surface area (Å²) in [6.45, 7) is 3.12. The highest BCUT2D eigenvalue weighted by Crippen LogP contribution is 2.27. The van der Waals surface area contributed by atoms with E-state index in [1.807, 2.05) is 47.4 Å². The number of rotatable bonds is 10. The lowest BCUT2D eigenvalue weighted by Crippen LogP contribution is -2.53. The molecule has 1 aliphatic rings. The van der Waals surface area contributed by atoms with E-state index in [-0.39, 0.29) is 12.3 Å². The summed E-state index contributed by atoms with van der Waals surface area (Å²) < 4.78 is 10.5. The maximum atomic E-state index is 12.6. The van der Waals surface area contributed by atoms with Gasteiger partial charge in [-0.2, -0.15) is 0 Å². The number of nitrogens with zero attached hydrogens (tertiary/aromatic N) is 4. The highest BCUT2D eigenvalue weighted by Gasteiger charge is 2.31. The molecule has 3 aromatic rings. The highest BCUT2D eigenvalue weighted by molar-refractivity contribution is 9.10. The van der Waals surface area contributed by atoms with Gasteiger partial charge in [0.2, 0.25) is 5.91 Å². The fourth-order valence-corrected chi connectivity index (χ4v) is 4.83. The van der Waals surface area contributed by atoms with E-state index in [0.29, 0.717) is 44.2 Å². The van der Waals surface area contributed by atoms with Crippen LogP contribution < -0.4 is 10.6 Å². The van der Waals surface area contributed by atoms with Crippen LogP contribution in [0.5, 0.6) is 0 Å². The van der Waals surface area contributed by atoms with Crippen LogP contribution in [0, 0.1) is 0 Å². The predicted molar refractivity (Wildman–Crippen MR) is 155 cm³/mol. The predicted octanol–water partition coefficient (Wildman–Crippen LogP) is 3.35. The van der Waals surface area contributed by atoms with E-state index in [2.05, 4.69) is 41.4 Å². The van der Waals surface area contributed by atoms with E-state index >= 15 is 0 Å². The molecule has 2 aromatic carbocycles. The summed E-state index contributed by atoms with van der Waals surface area (Å²) in [4.78, 5) is 49.3. The molecule has 12 heteroatoms. The topological polar surface area (TPSA) is 126 Å². The molecule has 40 heavy (non-hydrogen) atoms. The number of esters is 2. The molecule has 0 aliphatic carbocycles. The Labute approximate surface area is 240 Å². The van der Waals surface area contributed by atoms with E-state index in [1.165, 1.54) is 26.6 Å². The molecule has 2 N–H and O–H groups in total. The number of aromatic nitrogens is 2. The number of amides is 1. The molecule has 1 amide bonds. The van der Waals surface area contributed by atoms with Crippen LogP contribution >= 0.6 is 15.9 Å². The SMILES string of the molecule is COC(=O)CC(C(=O)OC)N1CCN(C/C=C/C(=O)Nc2ccc3ncnc(Nc4cccc(Br)c4)c3c2)CC1. The Bertz CT molecular complexity index is 1390. The van der Waals surface area contributed by atoms with Crippen LogP contribution in [-0.4, -0.2) is 90.6 Å². The zero-order valence-electron chi connectivity index (χ0n) is 22.3. The van der Waals surface area contributed by atoms with Crippen molar-refractivity contribution in [3.63, 3.8) is 0 Å². The molecule has 1 atom stereocenters. The first-order chi connectivity index (χ1) is 19.4. The van der Waals surface area contributed by atoms with Crippen LogP contribution in [0.4, 0.5) is 17.2 Å². The highest BCUT2D eigenvalue weighted by atomic mass is 79.9. The number of halogens is 1. The van der Waals surface area contributed by atoms with Gasteiger partial charge in [-0.25, -0.2) is 9.97 Å². The number of anilines is 3. The minimum absolute atomic E-state index is 0.0499. The maximum absolute atomic E-state index is 12.6. The van der Waals surface area contributed by atoms with Crippen molar-refractivity contribution in [2.24, 2.45) is 0 Å². The Morgan fingerprint density at radius 2 is 1.82 bits per heavy atom. The molecule has 11 nitrogen and oxygen atoms in total. The van der Waals surface area contributed by atoms with Gasteiger partial charge in [0.05, 0.1) is 26.2 Å². The molecular formula is C28H31BrN6O5. The van der Waals surface area contributed by atoms with Gasteiger partial charge in [-0.15, -0.1) is 0 Å². The van der Waals surface area contributed by atoms with Gasteiger partial charge in [0.15, 0.2) is 0 Å². The van der Waals surface area contributed by atoms with E-state index in [9.17, 15) is 14.4 Å². The van der Waals surface area contributed by atoms with Crippen molar-refractivity contribution in [1.82, 2.24) is 19.8 Å². The average Bonchev–Trinajstić information content (AvgIpc) is 2.96. The van der Waals surface area contributed by atoms with Gasteiger partial charge in [0.1, 0.15) is 18.2 Å². The molecular weight excluding hydrogens is 580 g/mol. The third kappa shape index (κ3) is 7.84. The molecule has 1 unspecified atom stereocenters. The molecule has 4 rings (SSSR count). The minimum Gasteiger partial charge on any atom is -0.469 e. The van der Waals surface area contributed by atoms with Gasteiger partial charge in [0.25, 0.3) is 0 Å². The zero-order chi connectivity index (χ0) is 28.5. The normalized spacial score (nSPS) is 15.1. The Balaban J connectivity index is 1.31. The molecule has 1 aromatic heterocycles. The van der Waals surface area contributed by atoms with Crippen molar-refractivity contribution >= 4 is 61.9 Å². The summed E-state index contributed by atoms with van der Waals surface area (Å²) in [6, 6.07) is 12.6. The number of benzene rings is 2. The number of hydrogen-bond donors (Lipinski definition) is 2. The third-order valence-electron chi connectivity index (χ3n) is 6.53. The Kier molecular flexibility index (Phi) is 10.2. The summed E-state index contributed by atoms with van der Waals surface area (Å²) in [5, 5.41) is 6.98. The van der Waals surface area contributed by atoms with Gasteiger partial charge >= 0.3 is 11.9 Å². The number of hydrogen-bond acceptors (Lipinski definition) is 10. The number of carbonyl (C=O) groups is 3. The lowest BCUT2D eigenvalue weighted by Gasteiger charge is -2.37. The van der Waals surface area contributed by atoms with E-state index in [0.717, 1.165) is 21.1 Å². The van der Waals surface area contributed by atoms with Crippen LogP contribution in [0.3, 0.4) is 0 Å². The Morgan fingerprint density at radius 1 is 1.02 bits per heavy atom. The number of methoxy groups -OCH3 is 2. The van der Waals surface area contributed by atoms with Crippen LogP contribution in [0.2, 0.25) is 0 Å². The van der Waals surface area contributed by atoms with Crippen molar-refractivity contribution in [1.29, 1.82) is 0 Å². The van der Waals surface area contributed by atoms with Crippen molar-refractivity contribution in [3.8, 4) is 0 Å². The van der Waals surface area contributed by atoms with Crippen molar-refractivity contribution < 1.29 is 23.9 Å². The number of carbonyl (C=O) groups excluding carboxylic acids is 3. The molecule has 2 heterocycles. The van der Waals surface area contributed by atoms with Gasteiger partial charge in [-0.05, 0) is 36.4 Å².